The Kier molecular flexibility index (Phi) is 6.39. The summed E-state index contributed by atoms with van der Waals surface area (Å²) >= 11 is 0. The van der Waals surface area contributed by atoms with Gasteiger partial charge in [0.1, 0.15) is 17.6 Å². The van der Waals surface area contributed by atoms with Crippen LogP contribution >= 0.6 is 0 Å². The Morgan fingerprint density at radius 1 is 1.06 bits per heavy atom. The van der Waals surface area contributed by atoms with Crippen molar-refractivity contribution in [2.45, 2.75) is 51.5 Å². The van der Waals surface area contributed by atoms with Crippen LogP contribution in [0.25, 0.3) is 11.1 Å². The first kappa shape index (κ1) is 23.8. The van der Waals surface area contributed by atoms with Crippen LogP contribution in [0.4, 0.5) is 4.79 Å². The minimum atomic E-state index is -1.16. The summed E-state index contributed by atoms with van der Waals surface area (Å²) in [6.07, 6.45) is 0.916. The molecule has 2 aliphatic rings. The Labute approximate surface area is 200 Å². The molecule has 0 saturated carbocycles. The highest BCUT2D eigenvalue weighted by molar-refractivity contribution is 5.92. The van der Waals surface area contributed by atoms with Gasteiger partial charge in [0.2, 0.25) is 5.91 Å². The minimum Gasteiger partial charge on any atom is -0.481 e. The molecule has 1 atom stereocenters. The maximum atomic E-state index is 13.2. The van der Waals surface area contributed by atoms with Crippen molar-refractivity contribution in [3.63, 3.8) is 0 Å². The summed E-state index contributed by atoms with van der Waals surface area (Å²) in [5, 5.41) is 12.3. The molecule has 2 N–H and O–H groups in total. The molecule has 1 heterocycles. The van der Waals surface area contributed by atoms with E-state index in [1.165, 1.54) is 4.90 Å². The number of benzene rings is 2. The van der Waals surface area contributed by atoms with Gasteiger partial charge in [-0.05, 0) is 42.0 Å². The van der Waals surface area contributed by atoms with Gasteiger partial charge in [-0.2, -0.15) is 0 Å². The minimum absolute atomic E-state index is 0.0672. The zero-order chi connectivity index (χ0) is 24.5. The van der Waals surface area contributed by atoms with Crippen molar-refractivity contribution in [3.8, 4) is 11.1 Å². The third kappa shape index (κ3) is 4.04. The highest BCUT2D eigenvalue weighted by atomic mass is 16.5. The first-order valence-corrected chi connectivity index (χ1v) is 11.9. The molecule has 2 aromatic carbocycles. The zero-order valence-corrected chi connectivity index (χ0v) is 20.0. The number of nitrogens with one attached hydrogen (secondary N) is 1. The number of nitrogens with zero attached hydrogens (tertiary/aromatic N) is 1. The predicted molar refractivity (Wildman–Crippen MR) is 128 cm³/mol. The number of hydrogen-bond acceptors (Lipinski definition) is 4. The molecule has 7 heteroatoms. The van der Waals surface area contributed by atoms with Crippen LogP contribution in [-0.4, -0.2) is 53.2 Å². The van der Waals surface area contributed by atoms with Gasteiger partial charge in [0.25, 0.3) is 0 Å². The van der Waals surface area contributed by atoms with Crippen LogP contribution in [0.5, 0.6) is 0 Å². The highest BCUT2D eigenvalue weighted by Gasteiger charge is 2.53. The predicted octanol–water partition coefficient (Wildman–Crippen LogP) is 4.41. The van der Waals surface area contributed by atoms with Crippen LogP contribution in [-0.2, 0) is 14.3 Å². The lowest BCUT2D eigenvalue weighted by Crippen LogP contribution is -2.68. The van der Waals surface area contributed by atoms with E-state index in [-0.39, 0.29) is 31.5 Å². The van der Waals surface area contributed by atoms with Crippen molar-refractivity contribution in [2.24, 2.45) is 5.41 Å². The summed E-state index contributed by atoms with van der Waals surface area (Å²) < 4.78 is 5.65. The number of ether oxygens (including phenoxy) is 1. The van der Waals surface area contributed by atoms with Gasteiger partial charge >= 0.3 is 12.1 Å². The van der Waals surface area contributed by atoms with Crippen molar-refractivity contribution in [3.05, 3.63) is 59.7 Å². The molecule has 2 aromatic rings. The summed E-state index contributed by atoms with van der Waals surface area (Å²) in [7, 11) is 0. The molecule has 7 nitrogen and oxygen atoms in total. The number of amides is 2. The summed E-state index contributed by atoms with van der Waals surface area (Å²) in [5.74, 6) is -1.23. The molecule has 1 saturated heterocycles. The molecular weight excluding hydrogens is 432 g/mol. The van der Waals surface area contributed by atoms with Crippen LogP contribution in [0.3, 0.4) is 0 Å². The van der Waals surface area contributed by atoms with E-state index in [2.05, 4.69) is 29.6 Å². The normalized spacial score (nSPS) is 17.7. The second-order valence-corrected chi connectivity index (χ2v) is 9.63. The molecule has 4 rings (SSSR count). The van der Waals surface area contributed by atoms with Crippen molar-refractivity contribution < 1.29 is 24.2 Å². The van der Waals surface area contributed by atoms with Crippen LogP contribution in [0.15, 0.2) is 48.5 Å². The van der Waals surface area contributed by atoms with Gasteiger partial charge in [-0.3, -0.25) is 9.59 Å². The number of carboxylic acids is 1. The van der Waals surface area contributed by atoms with Gasteiger partial charge in [0.05, 0.1) is 0 Å². The third-order valence-corrected chi connectivity index (χ3v) is 7.35. The second-order valence-electron chi connectivity index (χ2n) is 9.63. The van der Waals surface area contributed by atoms with E-state index in [9.17, 15) is 19.5 Å². The van der Waals surface area contributed by atoms with Gasteiger partial charge in [-0.1, -0.05) is 68.8 Å². The number of aliphatic carboxylic acids is 1. The van der Waals surface area contributed by atoms with E-state index in [0.29, 0.717) is 19.3 Å². The fraction of sp³-hybridized carbons (Fsp3) is 0.444. The van der Waals surface area contributed by atoms with E-state index in [1.807, 2.05) is 38.1 Å². The summed E-state index contributed by atoms with van der Waals surface area (Å²) in [4.78, 5) is 39.2. The van der Waals surface area contributed by atoms with Gasteiger partial charge in [-0.25, -0.2) is 4.79 Å². The largest absolute Gasteiger partial charge is 0.481 e. The van der Waals surface area contributed by atoms with E-state index < -0.39 is 23.0 Å². The number of likely N-dealkylation sites (tertiary alicyclic amines) is 1. The quantitative estimate of drug-likeness (QED) is 0.603. The first-order chi connectivity index (χ1) is 16.2. The van der Waals surface area contributed by atoms with Gasteiger partial charge in [-0.15, -0.1) is 0 Å². The molecule has 0 bridgehead atoms. The number of carbonyl (C=O) groups excluding carboxylic acids is 2. The third-order valence-electron chi connectivity index (χ3n) is 7.35. The average Bonchev–Trinajstić information content (AvgIpc) is 3.11. The van der Waals surface area contributed by atoms with Gasteiger partial charge in [0, 0.05) is 19.0 Å². The fourth-order valence-corrected chi connectivity index (χ4v) is 5.27. The smallest absolute Gasteiger partial charge is 0.408 e. The number of rotatable bonds is 8. The molecule has 180 valence electrons. The van der Waals surface area contributed by atoms with Gasteiger partial charge < -0.3 is 20.1 Å². The maximum absolute atomic E-state index is 13.2. The second kappa shape index (κ2) is 9.12. The van der Waals surface area contributed by atoms with Crippen LogP contribution in [0.1, 0.15) is 57.1 Å². The molecule has 0 radical (unpaired) electrons. The highest BCUT2D eigenvalue weighted by Crippen LogP contribution is 2.44. The Hall–Kier alpha value is -3.35. The Balaban J connectivity index is 1.43. The fourth-order valence-electron chi connectivity index (χ4n) is 5.27. The number of carbonyl (C=O) groups is 3. The molecular formula is C27H32N2O5. The van der Waals surface area contributed by atoms with Crippen LogP contribution in [0, 0.1) is 5.41 Å². The number of alkyl carbamates (subject to hydrolysis) is 1. The summed E-state index contributed by atoms with van der Waals surface area (Å²) in [5.41, 5.74) is 2.48. The van der Waals surface area contributed by atoms with Crippen LogP contribution in [0.2, 0.25) is 0 Å². The maximum Gasteiger partial charge on any atom is 0.408 e. The standard InChI is InChI=1S/C27H32N2O5/c1-4-14-26(3,23(30)29-16-27(5-2,17-29)24(31)32)28-25(33)34-15-22-20-12-8-6-10-18(20)19-11-7-9-13-21(19)22/h6-13,22H,4-5,14-17H2,1-3H3,(H,28,33)(H,31,32). The number of hydrogen-bond donors (Lipinski definition) is 2. The lowest BCUT2D eigenvalue weighted by Gasteiger charge is -2.49. The molecule has 2 amide bonds. The summed E-state index contributed by atoms with van der Waals surface area (Å²) in [6.45, 7) is 5.92. The van der Waals surface area contributed by atoms with Gasteiger partial charge in [0.15, 0.2) is 0 Å². The Bertz CT molecular complexity index is 1060. The number of carboxylic acid groups (broad SMARTS) is 1. The van der Waals surface area contributed by atoms with E-state index in [1.54, 1.807) is 6.92 Å². The monoisotopic (exact) mass is 464 g/mol. The number of fused-ring (bicyclic) bond motifs is 3. The van der Waals surface area contributed by atoms with E-state index in [0.717, 1.165) is 22.3 Å². The SMILES string of the molecule is CCCC(C)(NC(=O)OCC1c2ccccc2-c2ccccc21)C(=O)N1CC(CC)(C(=O)O)C1. The topological polar surface area (TPSA) is 95.9 Å². The molecule has 1 fully saturated rings. The molecule has 34 heavy (non-hydrogen) atoms. The Morgan fingerprint density at radius 3 is 2.12 bits per heavy atom. The molecule has 1 aliphatic heterocycles. The molecule has 0 spiro atoms. The summed E-state index contributed by atoms with van der Waals surface area (Å²) in [6, 6.07) is 16.2. The zero-order valence-electron chi connectivity index (χ0n) is 20.0. The van der Waals surface area contributed by atoms with E-state index in [4.69, 9.17) is 4.74 Å². The molecule has 1 aliphatic carbocycles. The lowest BCUT2D eigenvalue weighted by atomic mass is 9.76. The molecule has 1 unspecified atom stereocenters. The average molecular weight is 465 g/mol. The lowest BCUT2D eigenvalue weighted by molar-refractivity contribution is -0.169. The molecule has 0 aromatic heterocycles. The van der Waals surface area contributed by atoms with Crippen molar-refractivity contribution >= 4 is 18.0 Å². The van der Waals surface area contributed by atoms with Crippen LogP contribution < -0.4 is 5.32 Å². The van der Waals surface area contributed by atoms with Crippen molar-refractivity contribution in [2.75, 3.05) is 19.7 Å². The Morgan fingerprint density at radius 2 is 1.62 bits per heavy atom. The van der Waals surface area contributed by atoms with E-state index >= 15 is 0 Å². The van der Waals surface area contributed by atoms with Crippen molar-refractivity contribution in [1.29, 1.82) is 0 Å². The first-order valence-electron chi connectivity index (χ1n) is 11.9. The van der Waals surface area contributed by atoms with Crippen molar-refractivity contribution in [1.82, 2.24) is 10.2 Å².